The van der Waals surface area contributed by atoms with Gasteiger partial charge in [0.2, 0.25) is 0 Å². The van der Waals surface area contributed by atoms with E-state index in [0.29, 0.717) is 19.6 Å². The first-order chi connectivity index (χ1) is 11.7. The molecule has 25 heavy (non-hydrogen) atoms. The van der Waals surface area contributed by atoms with E-state index in [-0.39, 0.29) is 29.9 Å². The molecule has 0 amide bonds. The van der Waals surface area contributed by atoms with E-state index in [2.05, 4.69) is 20.4 Å². The Morgan fingerprint density at radius 3 is 2.60 bits per heavy atom. The molecule has 0 radical (unpaired) electrons. The van der Waals surface area contributed by atoms with Gasteiger partial charge in [0.1, 0.15) is 5.75 Å². The number of aliphatic imine (C=N–C) groups is 1. The quantitative estimate of drug-likeness (QED) is 0.184. The maximum absolute atomic E-state index is 11.1. The summed E-state index contributed by atoms with van der Waals surface area (Å²) in [4.78, 5) is 15.7. The fourth-order valence-electron chi connectivity index (χ4n) is 2.14. The minimum atomic E-state index is -0.164. The highest BCUT2D eigenvalue weighted by atomic mass is 127. The highest BCUT2D eigenvalue weighted by Crippen LogP contribution is 2.18. The Hall–Kier alpha value is -1.51. The molecule has 1 aromatic rings. The molecule has 142 valence electrons. The molecule has 7 heteroatoms. The first-order valence-corrected chi connectivity index (χ1v) is 8.50. The molecule has 0 aliphatic carbocycles. The number of halogens is 1. The van der Waals surface area contributed by atoms with Crippen LogP contribution in [0.2, 0.25) is 0 Å². The molecule has 0 aliphatic rings. The van der Waals surface area contributed by atoms with E-state index in [4.69, 9.17) is 4.74 Å². The van der Waals surface area contributed by atoms with Crippen molar-refractivity contribution in [3.8, 4) is 5.75 Å². The summed E-state index contributed by atoms with van der Waals surface area (Å²) in [5, 5.41) is 6.50. The van der Waals surface area contributed by atoms with Gasteiger partial charge in [-0.05, 0) is 32.8 Å². The van der Waals surface area contributed by atoms with Crippen LogP contribution in [0.25, 0.3) is 0 Å². The Bertz CT molecular complexity index is 524. The number of ether oxygens (including phenoxy) is 2. The van der Waals surface area contributed by atoms with E-state index in [1.807, 2.05) is 38.1 Å². The molecule has 0 fully saturated rings. The summed E-state index contributed by atoms with van der Waals surface area (Å²) < 4.78 is 10.2. The lowest BCUT2D eigenvalue weighted by atomic mass is 10.2. The van der Waals surface area contributed by atoms with Crippen molar-refractivity contribution in [1.29, 1.82) is 0 Å². The predicted octanol–water partition coefficient (Wildman–Crippen LogP) is 3.10. The zero-order valence-corrected chi connectivity index (χ0v) is 17.7. The second kappa shape index (κ2) is 14.8. The molecule has 2 N–H and O–H groups in total. The van der Waals surface area contributed by atoms with E-state index in [1.54, 1.807) is 0 Å². The molecule has 1 rings (SSSR count). The van der Waals surface area contributed by atoms with Gasteiger partial charge in [-0.2, -0.15) is 0 Å². The van der Waals surface area contributed by atoms with Crippen molar-refractivity contribution in [3.63, 3.8) is 0 Å². The minimum absolute atomic E-state index is 0. The lowest BCUT2D eigenvalue weighted by molar-refractivity contribution is -0.140. The number of carbonyl (C=O) groups is 1. The highest BCUT2D eigenvalue weighted by molar-refractivity contribution is 14.0. The number of nitrogens with one attached hydrogen (secondary N) is 2. The van der Waals surface area contributed by atoms with Gasteiger partial charge in [0.05, 0.1) is 20.3 Å². The minimum Gasteiger partial charge on any atom is -0.494 e. The van der Waals surface area contributed by atoms with Crippen molar-refractivity contribution in [1.82, 2.24) is 10.6 Å². The molecule has 0 aliphatic heterocycles. The number of methoxy groups -OCH3 is 1. The number of unbranched alkanes of at least 4 members (excludes halogenated alkanes) is 1. The van der Waals surface area contributed by atoms with Crippen molar-refractivity contribution in [3.05, 3.63) is 29.8 Å². The molecular weight excluding hydrogens is 433 g/mol. The molecule has 0 atom stereocenters. The van der Waals surface area contributed by atoms with Crippen molar-refractivity contribution in [2.45, 2.75) is 39.7 Å². The van der Waals surface area contributed by atoms with E-state index in [0.717, 1.165) is 43.2 Å². The third-order valence-corrected chi connectivity index (χ3v) is 3.35. The Kier molecular flexibility index (Phi) is 13.9. The number of nitrogens with zero attached hydrogens (tertiary/aromatic N) is 1. The SMILES string of the molecule is CCNC(=NCc1ccccc1OCC)NCCCCC(=O)OC.I. The Labute approximate surface area is 167 Å². The van der Waals surface area contributed by atoms with Gasteiger partial charge in [-0.25, -0.2) is 4.99 Å². The molecular formula is C18H30IN3O3. The maximum Gasteiger partial charge on any atom is 0.305 e. The van der Waals surface area contributed by atoms with Gasteiger partial charge in [-0.1, -0.05) is 18.2 Å². The van der Waals surface area contributed by atoms with Crippen LogP contribution in [0.3, 0.4) is 0 Å². The number of esters is 1. The third kappa shape index (κ3) is 10.2. The van der Waals surface area contributed by atoms with Gasteiger partial charge in [0, 0.05) is 25.1 Å². The van der Waals surface area contributed by atoms with Gasteiger partial charge in [-0.15, -0.1) is 24.0 Å². The van der Waals surface area contributed by atoms with E-state index in [1.165, 1.54) is 7.11 Å². The Morgan fingerprint density at radius 1 is 1.16 bits per heavy atom. The normalized spacial score (nSPS) is 10.6. The summed E-state index contributed by atoms with van der Waals surface area (Å²) in [7, 11) is 1.41. The van der Waals surface area contributed by atoms with Crippen LogP contribution in [0.1, 0.15) is 38.7 Å². The van der Waals surface area contributed by atoms with Crippen LogP contribution in [-0.4, -0.2) is 38.7 Å². The van der Waals surface area contributed by atoms with Crippen molar-refractivity contribution < 1.29 is 14.3 Å². The van der Waals surface area contributed by atoms with Crippen LogP contribution in [0.15, 0.2) is 29.3 Å². The van der Waals surface area contributed by atoms with E-state index < -0.39 is 0 Å². The third-order valence-electron chi connectivity index (χ3n) is 3.35. The molecule has 0 spiro atoms. The van der Waals surface area contributed by atoms with E-state index in [9.17, 15) is 4.79 Å². The molecule has 6 nitrogen and oxygen atoms in total. The average molecular weight is 463 g/mol. The van der Waals surface area contributed by atoms with Crippen LogP contribution >= 0.6 is 24.0 Å². The number of hydrogen-bond acceptors (Lipinski definition) is 4. The van der Waals surface area contributed by atoms with E-state index >= 15 is 0 Å². The Morgan fingerprint density at radius 2 is 1.92 bits per heavy atom. The molecule has 0 bridgehead atoms. The van der Waals surface area contributed by atoms with Gasteiger partial charge < -0.3 is 20.1 Å². The first-order valence-electron chi connectivity index (χ1n) is 8.50. The lowest BCUT2D eigenvalue weighted by Crippen LogP contribution is -2.37. The summed E-state index contributed by atoms with van der Waals surface area (Å²) in [5.41, 5.74) is 1.06. The van der Waals surface area contributed by atoms with Crippen molar-refractivity contribution in [2.24, 2.45) is 4.99 Å². The molecule has 0 saturated heterocycles. The van der Waals surface area contributed by atoms with Gasteiger partial charge in [-0.3, -0.25) is 4.79 Å². The summed E-state index contributed by atoms with van der Waals surface area (Å²) in [5.74, 6) is 1.47. The molecule has 1 aromatic carbocycles. The highest BCUT2D eigenvalue weighted by Gasteiger charge is 2.03. The molecule has 0 heterocycles. The van der Waals surface area contributed by atoms with Gasteiger partial charge in [0.15, 0.2) is 5.96 Å². The molecule has 0 aromatic heterocycles. The fraction of sp³-hybridized carbons (Fsp3) is 0.556. The number of guanidine groups is 1. The van der Waals surface area contributed by atoms with Crippen LogP contribution in [0, 0.1) is 0 Å². The second-order valence-corrected chi connectivity index (χ2v) is 5.20. The largest absolute Gasteiger partial charge is 0.494 e. The standard InChI is InChI=1S/C18H29N3O3.HI/c1-4-19-18(20-13-9-8-12-17(22)23-3)21-14-15-10-6-7-11-16(15)24-5-2;/h6-7,10-11H,4-5,8-9,12-14H2,1-3H3,(H2,19,20,21);1H. The second-order valence-electron chi connectivity index (χ2n) is 5.20. The lowest BCUT2D eigenvalue weighted by Gasteiger charge is -2.12. The van der Waals surface area contributed by atoms with Crippen LogP contribution in [-0.2, 0) is 16.1 Å². The topological polar surface area (TPSA) is 72.0 Å². The average Bonchev–Trinajstić information content (AvgIpc) is 2.60. The van der Waals surface area contributed by atoms with Crippen LogP contribution in [0.4, 0.5) is 0 Å². The maximum atomic E-state index is 11.1. The van der Waals surface area contributed by atoms with Gasteiger partial charge >= 0.3 is 5.97 Å². The number of benzene rings is 1. The number of hydrogen-bond donors (Lipinski definition) is 2. The molecule has 0 saturated carbocycles. The van der Waals surface area contributed by atoms with Crippen molar-refractivity contribution >= 4 is 35.9 Å². The summed E-state index contributed by atoms with van der Waals surface area (Å²) >= 11 is 0. The monoisotopic (exact) mass is 463 g/mol. The predicted molar refractivity (Wildman–Crippen MR) is 112 cm³/mol. The van der Waals surface area contributed by atoms with Crippen molar-refractivity contribution in [2.75, 3.05) is 26.8 Å². The summed E-state index contributed by atoms with van der Waals surface area (Å²) in [6.45, 7) is 6.74. The molecule has 0 unspecified atom stereocenters. The zero-order chi connectivity index (χ0) is 17.6. The smallest absolute Gasteiger partial charge is 0.305 e. The number of carbonyl (C=O) groups excluding carboxylic acids is 1. The zero-order valence-electron chi connectivity index (χ0n) is 15.3. The first kappa shape index (κ1) is 23.5. The van der Waals surface area contributed by atoms with Gasteiger partial charge in [0.25, 0.3) is 0 Å². The number of para-hydroxylation sites is 1. The number of rotatable bonds is 10. The summed E-state index contributed by atoms with van der Waals surface area (Å²) in [6.07, 6.45) is 2.13. The fourth-order valence-corrected chi connectivity index (χ4v) is 2.14. The Balaban J connectivity index is 0.00000576. The van der Waals surface area contributed by atoms with Crippen LogP contribution < -0.4 is 15.4 Å². The van der Waals surface area contributed by atoms with Crippen LogP contribution in [0.5, 0.6) is 5.75 Å². The summed E-state index contributed by atoms with van der Waals surface area (Å²) in [6, 6.07) is 7.93.